The van der Waals surface area contributed by atoms with Gasteiger partial charge in [0.2, 0.25) is 5.95 Å². The molecular formula is C15H22N4S. The lowest BCUT2D eigenvalue weighted by molar-refractivity contribution is 0.481. The number of nitrogens with zero attached hydrogens (tertiary/aromatic N) is 2. The first kappa shape index (κ1) is 13.6. The summed E-state index contributed by atoms with van der Waals surface area (Å²) in [5, 5.41) is 10.1. The van der Waals surface area contributed by atoms with Crippen LogP contribution in [0.25, 0.3) is 10.2 Å². The van der Waals surface area contributed by atoms with Crippen molar-refractivity contribution in [2.24, 2.45) is 5.92 Å². The Hall–Kier alpha value is -1.36. The second-order valence-corrected chi connectivity index (χ2v) is 6.44. The van der Waals surface area contributed by atoms with Crippen LogP contribution in [-0.4, -0.2) is 22.6 Å². The Morgan fingerprint density at radius 2 is 2.15 bits per heavy atom. The monoisotopic (exact) mass is 290 g/mol. The number of hydrogen-bond acceptors (Lipinski definition) is 5. The lowest BCUT2D eigenvalue weighted by Crippen LogP contribution is -2.24. The molecule has 5 heteroatoms. The predicted octanol–water partition coefficient (Wildman–Crippen LogP) is 4.11. The van der Waals surface area contributed by atoms with Gasteiger partial charge < -0.3 is 10.6 Å². The van der Waals surface area contributed by atoms with Gasteiger partial charge in [0.15, 0.2) is 0 Å². The Labute approximate surface area is 124 Å². The molecule has 4 nitrogen and oxygen atoms in total. The average molecular weight is 290 g/mol. The molecule has 0 saturated heterocycles. The number of aromatic nitrogens is 2. The minimum atomic E-state index is 0.477. The first-order valence-corrected chi connectivity index (χ1v) is 8.41. The predicted molar refractivity (Wildman–Crippen MR) is 86.6 cm³/mol. The number of hydrogen-bond donors (Lipinski definition) is 2. The normalized spacial score (nSPS) is 17.5. The highest BCUT2D eigenvalue weighted by Crippen LogP contribution is 2.31. The molecule has 2 N–H and O–H groups in total. The molecule has 0 aromatic carbocycles. The number of rotatable bonds is 5. The van der Waals surface area contributed by atoms with Gasteiger partial charge in [0.25, 0.3) is 0 Å². The van der Waals surface area contributed by atoms with E-state index in [4.69, 9.17) is 0 Å². The van der Waals surface area contributed by atoms with Gasteiger partial charge >= 0.3 is 0 Å². The van der Waals surface area contributed by atoms with Crippen molar-refractivity contribution >= 4 is 33.3 Å². The summed E-state index contributed by atoms with van der Waals surface area (Å²) in [6.07, 6.45) is 5.42. The van der Waals surface area contributed by atoms with Crippen molar-refractivity contribution < 1.29 is 0 Å². The van der Waals surface area contributed by atoms with Gasteiger partial charge in [-0.3, -0.25) is 0 Å². The lowest BCUT2D eigenvalue weighted by atomic mass is 10.00. The van der Waals surface area contributed by atoms with E-state index >= 15 is 0 Å². The van der Waals surface area contributed by atoms with Gasteiger partial charge in [0.05, 0.1) is 5.39 Å². The zero-order chi connectivity index (χ0) is 13.9. The summed E-state index contributed by atoms with van der Waals surface area (Å²) in [6, 6.07) is 2.59. The van der Waals surface area contributed by atoms with Crippen molar-refractivity contribution in [3.8, 4) is 0 Å². The maximum Gasteiger partial charge on any atom is 0.226 e. The molecule has 20 heavy (non-hydrogen) atoms. The zero-order valence-corrected chi connectivity index (χ0v) is 13.0. The van der Waals surface area contributed by atoms with Gasteiger partial charge in [-0.25, -0.2) is 4.98 Å². The van der Waals surface area contributed by atoms with E-state index < -0.39 is 0 Å². The fourth-order valence-corrected chi connectivity index (χ4v) is 3.76. The first-order chi connectivity index (χ1) is 9.78. The van der Waals surface area contributed by atoms with E-state index in [2.05, 4.69) is 45.9 Å². The quantitative estimate of drug-likeness (QED) is 0.870. The van der Waals surface area contributed by atoms with Gasteiger partial charge in [-0.05, 0) is 44.1 Å². The maximum absolute atomic E-state index is 4.65. The van der Waals surface area contributed by atoms with E-state index in [1.165, 1.54) is 25.7 Å². The molecular weight excluding hydrogens is 268 g/mol. The molecule has 0 spiro atoms. The SMILES string of the molecule is CCNc1nc(NC(C)C2CCCC2)c2ccsc2n1. The Morgan fingerprint density at radius 1 is 1.35 bits per heavy atom. The summed E-state index contributed by atoms with van der Waals surface area (Å²) < 4.78 is 0. The lowest BCUT2D eigenvalue weighted by Gasteiger charge is -2.21. The van der Waals surface area contributed by atoms with E-state index in [9.17, 15) is 0 Å². The largest absolute Gasteiger partial charge is 0.367 e. The van der Waals surface area contributed by atoms with Crippen LogP contribution < -0.4 is 10.6 Å². The standard InChI is InChI=1S/C15H22N4S/c1-3-16-15-18-13(12-8-9-20-14(12)19-15)17-10(2)11-6-4-5-7-11/h8-11H,3-7H2,1-2H3,(H2,16,17,18,19). The van der Waals surface area contributed by atoms with Gasteiger partial charge in [0.1, 0.15) is 10.6 Å². The van der Waals surface area contributed by atoms with E-state index in [0.29, 0.717) is 6.04 Å². The molecule has 3 rings (SSSR count). The summed E-state index contributed by atoms with van der Waals surface area (Å²) in [7, 11) is 0. The molecule has 1 unspecified atom stereocenters. The molecule has 1 fully saturated rings. The molecule has 2 heterocycles. The molecule has 1 aliphatic rings. The van der Waals surface area contributed by atoms with Crippen LogP contribution in [0.1, 0.15) is 39.5 Å². The van der Waals surface area contributed by atoms with Crippen LogP contribution in [0.15, 0.2) is 11.4 Å². The Bertz CT molecular complexity index is 574. The van der Waals surface area contributed by atoms with Gasteiger partial charge in [0, 0.05) is 12.6 Å². The van der Waals surface area contributed by atoms with Crippen LogP contribution in [0.5, 0.6) is 0 Å². The average Bonchev–Trinajstić information content (AvgIpc) is 3.10. The second-order valence-electron chi connectivity index (χ2n) is 5.54. The summed E-state index contributed by atoms with van der Waals surface area (Å²) in [5.74, 6) is 2.48. The number of thiophene rings is 1. The highest BCUT2D eigenvalue weighted by molar-refractivity contribution is 7.16. The Kier molecular flexibility index (Phi) is 4.05. The van der Waals surface area contributed by atoms with Crippen LogP contribution in [0.3, 0.4) is 0 Å². The van der Waals surface area contributed by atoms with Crippen molar-refractivity contribution in [1.82, 2.24) is 9.97 Å². The Morgan fingerprint density at radius 3 is 2.90 bits per heavy atom. The topological polar surface area (TPSA) is 49.8 Å². The minimum absolute atomic E-state index is 0.477. The van der Waals surface area contributed by atoms with Crippen molar-refractivity contribution in [2.75, 3.05) is 17.2 Å². The molecule has 108 valence electrons. The second kappa shape index (κ2) is 5.95. The summed E-state index contributed by atoms with van der Waals surface area (Å²) in [5.41, 5.74) is 0. The van der Waals surface area contributed by atoms with E-state index in [1.54, 1.807) is 11.3 Å². The molecule has 1 aliphatic carbocycles. The van der Waals surface area contributed by atoms with Crippen LogP contribution in [-0.2, 0) is 0 Å². The summed E-state index contributed by atoms with van der Waals surface area (Å²) in [4.78, 5) is 10.2. The molecule has 0 amide bonds. The van der Waals surface area contributed by atoms with E-state index in [-0.39, 0.29) is 0 Å². The number of nitrogens with one attached hydrogen (secondary N) is 2. The van der Waals surface area contributed by atoms with Crippen molar-refractivity contribution in [1.29, 1.82) is 0 Å². The smallest absolute Gasteiger partial charge is 0.226 e. The third kappa shape index (κ3) is 2.73. The van der Waals surface area contributed by atoms with Crippen LogP contribution in [0.2, 0.25) is 0 Å². The van der Waals surface area contributed by atoms with E-state index in [0.717, 1.165) is 34.4 Å². The number of anilines is 2. The van der Waals surface area contributed by atoms with Gasteiger partial charge in [-0.2, -0.15) is 4.98 Å². The molecule has 0 radical (unpaired) electrons. The fraction of sp³-hybridized carbons (Fsp3) is 0.600. The maximum atomic E-state index is 4.65. The van der Waals surface area contributed by atoms with Crippen LogP contribution >= 0.6 is 11.3 Å². The highest BCUT2D eigenvalue weighted by Gasteiger charge is 2.22. The molecule has 0 aliphatic heterocycles. The highest BCUT2D eigenvalue weighted by atomic mass is 32.1. The fourth-order valence-electron chi connectivity index (χ4n) is 2.99. The van der Waals surface area contributed by atoms with Crippen LogP contribution in [0.4, 0.5) is 11.8 Å². The molecule has 2 aromatic heterocycles. The third-order valence-electron chi connectivity index (χ3n) is 4.13. The zero-order valence-electron chi connectivity index (χ0n) is 12.1. The van der Waals surface area contributed by atoms with Crippen molar-refractivity contribution in [3.63, 3.8) is 0 Å². The minimum Gasteiger partial charge on any atom is -0.367 e. The van der Waals surface area contributed by atoms with Crippen molar-refractivity contribution in [3.05, 3.63) is 11.4 Å². The van der Waals surface area contributed by atoms with E-state index in [1.807, 2.05) is 0 Å². The third-order valence-corrected chi connectivity index (χ3v) is 4.94. The summed E-state index contributed by atoms with van der Waals surface area (Å²) in [6.45, 7) is 5.19. The van der Waals surface area contributed by atoms with Crippen molar-refractivity contribution in [2.45, 2.75) is 45.6 Å². The molecule has 1 atom stereocenters. The van der Waals surface area contributed by atoms with Crippen LogP contribution in [0, 0.1) is 5.92 Å². The number of fused-ring (bicyclic) bond motifs is 1. The molecule has 1 saturated carbocycles. The first-order valence-electron chi connectivity index (χ1n) is 7.53. The summed E-state index contributed by atoms with van der Waals surface area (Å²) >= 11 is 1.67. The van der Waals surface area contributed by atoms with Gasteiger partial charge in [-0.1, -0.05) is 12.8 Å². The van der Waals surface area contributed by atoms with Gasteiger partial charge in [-0.15, -0.1) is 11.3 Å². The Balaban J connectivity index is 1.86. The molecule has 2 aromatic rings. The molecule has 0 bridgehead atoms.